The van der Waals surface area contributed by atoms with E-state index in [-0.39, 0.29) is 51.9 Å². The van der Waals surface area contributed by atoms with Crippen molar-refractivity contribution in [2.24, 2.45) is 23.7 Å². The maximum atomic E-state index is 12.3. The van der Waals surface area contributed by atoms with E-state index in [0.29, 0.717) is 90.4 Å². The molecule has 0 saturated heterocycles. The normalized spacial score (nSPS) is 16.8. The number of fused-ring (bicyclic) bond motifs is 8. The van der Waals surface area contributed by atoms with Crippen molar-refractivity contribution in [2.75, 3.05) is 0 Å². The van der Waals surface area contributed by atoms with Crippen LogP contribution in [0.5, 0.6) is 46.0 Å². The van der Waals surface area contributed by atoms with Crippen molar-refractivity contribution >= 4 is 0 Å². The van der Waals surface area contributed by atoms with Gasteiger partial charge in [0.25, 0.3) is 0 Å². The van der Waals surface area contributed by atoms with Gasteiger partial charge in [-0.2, -0.15) is 0 Å². The van der Waals surface area contributed by atoms with Gasteiger partial charge in [0.1, 0.15) is 46.0 Å². The van der Waals surface area contributed by atoms with Crippen molar-refractivity contribution in [3.8, 4) is 46.0 Å². The lowest BCUT2D eigenvalue weighted by atomic mass is 9.74. The fourth-order valence-corrected chi connectivity index (χ4v) is 11.7. The Bertz CT molecular complexity index is 3220. The third-order valence-electron chi connectivity index (χ3n) is 15.9. The lowest BCUT2D eigenvalue weighted by Crippen LogP contribution is -2.13. The summed E-state index contributed by atoms with van der Waals surface area (Å²) < 4.78 is 0. The van der Waals surface area contributed by atoms with Gasteiger partial charge in [0.15, 0.2) is 0 Å². The molecule has 8 heteroatoms. The summed E-state index contributed by atoms with van der Waals surface area (Å²) >= 11 is 0. The van der Waals surface area contributed by atoms with Crippen LogP contribution in [-0.4, -0.2) is 40.9 Å². The van der Waals surface area contributed by atoms with Crippen LogP contribution in [0.1, 0.15) is 181 Å². The zero-order chi connectivity index (χ0) is 55.1. The Morgan fingerprint density at radius 1 is 0.273 bits per heavy atom. The number of phenolic OH excluding ortho intramolecular Hbond substituents is 8. The van der Waals surface area contributed by atoms with Crippen LogP contribution in [0.2, 0.25) is 0 Å². The highest BCUT2D eigenvalue weighted by atomic mass is 16.3. The molecule has 0 saturated carbocycles. The average Bonchev–Trinajstić information content (AvgIpc) is 3.37. The Morgan fingerprint density at radius 2 is 0.468 bits per heavy atom. The number of benzene rings is 8. The van der Waals surface area contributed by atoms with Crippen molar-refractivity contribution < 1.29 is 40.9 Å². The van der Waals surface area contributed by atoms with Crippen molar-refractivity contribution in [1.82, 2.24) is 0 Å². The third kappa shape index (κ3) is 11.1. The molecule has 3 unspecified atom stereocenters. The summed E-state index contributed by atoms with van der Waals surface area (Å²) in [4.78, 5) is 0. The molecule has 8 aromatic rings. The first-order chi connectivity index (χ1) is 36.7. The second kappa shape index (κ2) is 22.0. The van der Waals surface area contributed by atoms with E-state index in [2.05, 4.69) is 74.4 Å². The van der Waals surface area contributed by atoms with Crippen LogP contribution in [-0.2, 0) is 19.3 Å². The Kier molecular flexibility index (Phi) is 15.4. The third-order valence-corrected chi connectivity index (χ3v) is 15.9. The molecule has 0 fully saturated rings. The fraction of sp³-hybridized carbons (Fsp3) is 0.304. The Hall–Kier alpha value is -7.84. The highest BCUT2D eigenvalue weighted by molar-refractivity contribution is 5.67. The minimum absolute atomic E-state index is 0.221. The molecule has 0 spiro atoms. The number of rotatable bonds is 12. The lowest BCUT2D eigenvalue weighted by molar-refractivity contribution is 0.431. The zero-order valence-corrected chi connectivity index (χ0v) is 45.8. The molecular weight excluding hydrogens is 957 g/mol. The van der Waals surface area contributed by atoms with Gasteiger partial charge in [0, 0.05) is 92.4 Å². The maximum Gasteiger partial charge on any atom is 0.123 e. The van der Waals surface area contributed by atoms with E-state index >= 15 is 0 Å². The zero-order valence-electron chi connectivity index (χ0n) is 45.8. The van der Waals surface area contributed by atoms with Crippen molar-refractivity contribution in [1.29, 1.82) is 0 Å². The second-order valence-electron chi connectivity index (χ2n) is 23.3. The van der Waals surface area contributed by atoms with Gasteiger partial charge in [-0.1, -0.05) is 159 Å². The largest absolute Gasteiger partial charge is 0.507 e. The van der Waals surface area contributed by atoms with Crippen LogP contribution in [0, 0.1) is 23.7 Å². The molecular formula is C69H74O8. The summed E-state index contributed by atoms with van der Waals surface area (Å²) in [6.45, 7) is 19.4. The molecule has 1 aliphatic carbocycles. The molecule has 8 aromatic carbocycles. The topological polar surface area (TPSA) is 162 Å². The van der Waals surface area contributed by atoms with Gasteiger partial charge in [-0.25, -0.2) is 0 Å². The van der Waals surface area contributed by atoms with Crippen molar-refractivity contribution in [3.05, 3.63) is 235 Å². The molecule has 8 bridgehead atoms. The van der Waals surface area contributed by atoms with E-state index in [0.717, 1.165) is 41.5 Å². The van der Waals surface area contributed by atoms with Gasteiger partial charge in [0.2, 0.25) is 0 Å². The minimum Gasteiger partial charge on any atom is -0.507 e. The first kappa shape index (κ1) is 54.0. The molecule has 3 atom stereocenters. The molecule has 9 rings (SSSR count). The smallest absolute Gasteiger partial charge is 0.123 e. The minimum atomic E-state index is -0.927. The first-order valence-corrected chi connectivity index (χ1v) is 27.3. The molecule has 0 aromatic heterocycles. The van der Waals surface area contributed by atoms with E-state index in [9.17, 15) is 40.9 Å². The summed E-state index contributed by atoms with van der Waals surface area (Å²) in [6.07, 6.45) is 2.47. The molecule has 398 valence electrons. The number of phenols is 8. The van der Waals surface area contributed by atoms with E-state index in [4.69, 9.17) is 0 Å². The van der Waals surface area contributed by atoms with Crippen LogP contribution >= 0.6 is 0 Å². The molecule has 1 aliphatic rings. The van der Waals surface area contributed by atoms with E-state index < -0.39 is 23.7 Å². The van der Waals surface area contributed by atoms with Gasteiger partial charge in [-0.3, -0.25) is 0 Å². The summed E-state index contributed by atoms with van der Waals surface area (Å²) in [6, 6.07) is 44.3. The average molecular weight is 1030 g/mol. The highest BCUT2D eigenvalue weighted by Gasteiger charge is 2.35. The van der Waals surface area contributed by atoms with E-state index in [1.165, 1.54) is 24.3 Å². The van der Waals surface area contributed by atoms with Gasteiger partial charge >= 0.3 is 0 Å². The summed E-state index contributed by atoms with van der Waals surface area (Å²) in [5.41, 5.74) is 9.78. The Balaban J connectivity index is 1.43. The molecule has 77 heavy (non-hydrogen) atoms. The van der Waals surface area contributed by atoms with E-state index in [1.807, 2.05) is 84.9 Å². The Labute approximate surface area is 454 Å². The van der Waals surface area contributed by atoms with Gasteiger partial charge in [-0.15, -0.1) is 0 Å². The van der Waals surface area contributed by atoms with Crippen molar-refractivity contribution in [2.45, 2.75) is 111 Å². The fourth-order valence-electron chi connectivity index (χ4n) is 11.7. The summed E-state index contributed by atoms with van der Waals surface area (Å²) in [7, 11) is 0. The quantitative estimate of drug-likeness (QED) is 0.0600. The van der Waals surface area contributed by atoms with Crippen LogP contribution in [0.25, 0.3) is 0 Å². The van der Waals surface area contributed by atoms with Gasteiger partial charge in [-0.05, 0) is 118 Å². The lowest BCUT2D eigenvalue weighted by Gasteiger charge is -2.30. The number of hydrogen-bond donors (Lipinski definition) is 8. The van der Waals surface area contributed by atoms with Crippen LogP contribution in [0.4, 0.5) is 0 Å². The SMILES string of the molecule is CC(C)Cc1ccc(C2c3cc(c(O)cc3O)C(c3ccc(CC(C)C)cc3)c3cc(c(O)cc3O)C(c3ccc(C(C)C(C)C)cc3)c3cc(c(O)cc3O)C(c3ccc(CC(C)C)cc3)c3cc2c(O)cc3O)cc1. The monoisotopic (exact) mass is 1030 g/mol. The molecule has 8 N–H and O–H groups in total. The second-order valence-corrected chi connectivity index (χ2v) is 23.3. The van der Waals surface area contributed by atoms with Gasteiger partial charge in [0.05, 0.1) is 0 Å². The van der Waals surface area contributed by atoms with E-state index in [1.54, 1.807) is 24.3 Å². The molecule has 0 heterocycles. The predicted octanol–water partition coefficient (Wildman–Crippen LogP) is 15.7. The first-order valence-electron chi connectivity index (χ1n) is 27.3. The molecule has 0 amide bonds. The van der Waals surface area contributed by atoms with Crippen molar-refractivity contribution in [3.63, 3.8) is 0 Å². The standard InChI is InChI=1S/C69H74O8/c1-37(2)26-42-10-16-46(17-11-42)66-50-29-52(60(72)33-58(50)70)67(47-18-12-43(13-19-47)27-38(3)4)54-31-56(64(76)35-62(54)74)69(49-24-22-45(23-25-49)41(9)40(7)8)57-32-55(63(75)36-65(57)77)68(53-30-51(66)59(71)34-61(53)73)48-20-14-44(15-21-48)28-39(5)6/h10-25,29-41,66-77H,26-28H2,1-9H3. The highest BCUT2D eigenvalue weighted by Crippen LogP contribution is 2.54. The summed E-state index contributed by atoms with van der Waals surface area (Å²) in [5.74, 6) is -4.03. The maximum absolute atomic E-state index is 12.3. The number of hydrogen-bond acceptors (Lipinski definition) is 8. The number of aromatic hydroxyl groups is 8. The van der Waals surface area contributed by atoms with Crippen LogP contribution in [0.15, 0.2) is 146 Å². The predicted molar refractivity (Wildman–Crippen MR) is 308 cm³/mol. The van der Waals surface area contributed by atoms with Crippen LogP contribution in [0.3, 0.4) is 0 Å². The molecule has 0 radical (unpaired) electrons. The van der Waals surface area contributed by atoms with Crippen LogP contribution < -0.4 is 0 Å². The summed E-state index contributed by atoms with van der Waals surface area (Å²) in [5, 5.41) is 98.6. The van der Waals surface area contributed by atoms with Gasteiger partial charge < -0.3 is 40.9 Å². The molecule has 0 aliphatic heterocycles. The Morgan fingerprint density at radius 3 is 0.649 bits per heavy atom. The molecule has 8 nitrogen and oxygen atoms in total.